The van der Waals surface area contributed by atoms with E-state index in [9.17, 15) is 30.0 Å². The molecule has 2 rings (SSSR count). The van der Waals surface area contributed by atoms with Gasteiger partial charge in [-0.15, -0.1) is 0 Å². The first kappa shape index (κ1) is 40.0. The zero-order valence-corrected chi connectivity index (χ0v) is 28.2. The number of nitrogens with one attached hydrogen (secondary N) is 1. The van der Waals surface area contributed by atoms with Crippen molar-refractivity contribution in [2.45, 2.75) is 102 Å². The van der Waals surface area contributed by atoms with Gasteiger partial charge in [0.2, 0.25) is 5.91 Å². The maximum Gasteiger partial charge on any atom is 0.328 e. The number of aliphatic hydroxyl groups is 4. The number of carbonyl (C=O) groups excluding carboxylic acids is 1. The van der Waals surface area contributed by atoms with Crippen LogP contribution in [-0.4, -0.2) is 99.1 Å². The van der Waals surface area contributed by atoms with E-state index in [1.807, 2.05) is 26.8 Å². The van der Waals surface area contributed by atoms with Crippen molar-refractivity contribution in [3.8, 4) is 0 Å². The third-order valence-corrected chi connectivity index (χ3v) is 8.64. The van der Waals surface area contributed by atoms with Gasteiger partial charge < -0.3 is 45.1 Å². The van der Waals surface area contributed by atoms with Crippen LogP contribution in [0, 0.1) is 11.8 Å². The Bertz CT molecular complexity index is 1230. The summed E-state index contributed by atoms with van der Waals surface area (Å²) in [7, 11) is 1.61. The summed E-state index contributed by atoms with van der Waals surface area (Å²) in [5, 5.41) is 54.8. The lowest BCUT2D eigenvalue weighted by atomic mass is 9.79. The standard InChI is InChI=1S/C36H53NO10/c1-7-9-12-19-31-35(5,43)30(39)23-36(44,47-31)26(8-2)34(42)37-21-16-15-17-24(3)33(45-6)25(4)29-22-27(38)28(46-29)18-13-10-11-14-20-32(40)41/h7,9-20,25-31,33,38-39,43-44H,8,21-23H2,1-6H3,(H,37,42)(H,40,41)/b9-7-,11-10+,16-15+,18-13+,19-12-,20-14+,24-17+/t25-,26+,27-,28-,29+,30-,31-,33+,35?,36-/m0/s1. The van der Waals surface area contributed by atoms with Gasteiger partial charge in [-0.1, -0.05) is 86.8 Å². The highest BCUT2D eigenvalue weighted by atomic mass is 16.6. The third kappa shape index (κ3) is 11.5. The van der Waals surface area contributed by atoms with E-state index in [1.54, 1.807) is 74.8 Å². The lowest BCUT2D eigenvalue weighted by molar-refractivity contribution is -0.329. The van der Waals surface area contributed by atoms with E-state index in [2.05, 4.69) is 5.32 Å². The Morgan fingerprint density at radius 3 is 2.38 bits per heavy atom. The summed E-state index contributed by atoms with van der Waals surface area (Å²) >= 11 is 0. The van der Waals surface area contributed by atoms with Crippen LogP contribution < -0.4 is 5.32 Å². The minimum atomic E-state index is -1.98. The van der Waals surface area contributed by atoms with E-state index in [-0.39, 0.29) is 37.5 Å². The zero-order chi connectivity index (χ0) is 35.2. The van der Waals surface area contributed by atoms with E-state index in [0.29, 0.717) is 6.42 Å². The highest BCUT2D eigenvalue weighted by Gasteiger charge is 2.55. The van der Waals surface area contributed by atoms with Gasteiger partial charge in [0.25, 0.3) is 0 Å². The van der Waals surface area contributed by atoms with Crippen molar-refractivity contribution in [2.24, 2.45) is 11.8 Å². The van der Waals surface area contributed by atoms with Crippen LogP contribution in [0.1, 0.15) is 53.9 Å². The zero-order valence-electron chi connectivity index (χ0n) is 28.2. The second-order valence-electron chi connectivity index (χ2n) is 12.2. The number of ether oxygens (including phenoxy) is 3. The van der Waals surface area contributed by atoms with Gasteiger partial charge in [0.15, 0.2) is 5.79 Å². The number of hydrogen-bond acceptors (Lipinski definition) is 9. The topological polar surface area (TPSA) is 175 Å². The molecular formula is C36H53NO10. The lowest BCUT2D eigenvalue weighted by Gasteiger charge is -2.49. The summed E-state index contributed by atoms with van der Waals surface area (Å²) in [4.78, 5) is 23.7. The van der Waals surface area contributed by atoms with Crippen molar-refractivity contribution in [3.05, 3.63) is 84.6 Å². The minimum absolute atomic E-state index is 0.0826. The van der Waals surface area contributed by atoms with Crippen molar-refractivity contribution < 1.29 is 49.3 Å². The number of allylic oxidation sites excluding steroid dienone is 9. The van der Waals surface area contributed by atoms with Crippen LogP contribution in [0.4, 0.5) is 0 Å². The number of hydrogen-bond donors (Lipinski definition) is 6. The molecule has 11 heteroatoms. The number of aliphatic carboxylic acids is 1. The van der Waals surface area contributed by atoms with Crippen LogP contribution in [0.25, 0.3) is 0 Å². The van der Waals surface area contributed by atoms with Crippen LogP contribution >= 0.6 is 0 Å². The minimum Gasteiger partial charge on any atom is -0.478 e. The molecule has 2 fully saturated rings. The molecule has 2 saturated heterocycles. The van der Waals surface area contributed by atoms with Gasteiger partial charge in [-0.3, -0.25) is 4.79 Å². The molecule has 2 heterocycles. The van der Waals surface area contributed by atoms with Crippen molar-refractivity contribution in [2.75, 3.05) is 13.7 Å². The van der Waals surface area contributed by atoms with Crippen molar-refractivity contribution in [3.63, 3.8) is 0 Å². The second-order valence-corrected chi connectivity index (χ2v) is 12.2. The van der Waals surface area contributed by atoms with E-state index in [1.165, 1.54) is 13.0 Å². The first-order valence-corrected chi connectivity index (χ1v) is 16.0. The fourth-order valence-corrected chi connectivity index (χ4v) is 5.85. The first-order chi connectivity index (χ1) is 22.2. The van der Waals surface area contributed by atoms with Crippen LogP contribution in [0.2, 0.25) is 0 Å². The summed E-state index contributed by atoms with van der Waals surface area (Å²) in [6.45, 7) is 9.11. The molecule has 0 aromatic carbocycles. The van der Waals surface area contributed by atoms with Crippen LogP contribution in [-0.2, 0) is 23.8 Å². The number of carboxylic acid groups (broad SMARTS) is 1. The molecule has 1 amide bonds. The number of rotatable bonds is 16. The molecule has 0 aromatic rings. The van der Waals surface area contributed by atoms with E-state index < -0.39 is 53.6 Å². The molecule has 0 spiro atoms. The molecule has 0 aliphatic carbocycles. The summed E-state index contributed by atoms with van der Waals surface area (Å²) in [6, 6.07) is 0. The molecule has 0 saturated carbocycles. The SMILES string of the molecule is C/C=C\C=C/[C@@H]1O[C@](O)([C@H](CC)C(=O)NC/C=C/C=C(\C)[C@@H](OC)[C@@H](C)[C@H]2C[C@H](O)[C@H](/C=C/C=C/C=C/C(=O)O)O2)C[C@H](O)C1(C)O. The van der Waals surface area contributed by atoms with E-state index in [0.717, 1.165) is 11.6 Å². The monoisotopic (exact) mass is 659 g/mol. The van der Waals surface area contributed by atoms with Crippen LogP contribution in [0.5, 0.6) is 0 Å². The molecule has 10 atom stereocenters. The quantitative estimate of drug-likeness (QED) is 0.107. The molecule has 11 nitrogen and oxygen atoms in total. The highest BCUT2D eigenvalue weighted by Crippen LogP contribution is 2.40. The molecule has 0 bridgehead atoms. The number of methoxy groups -OCH3 is 1. The van der Waals surface area contributed by atoms with Gasteiger partial charge >= 0.3 is 5.97 Å². The molecular weight excluding hydrogens is 606 g/mol. The smallest absolute Gasteiger partial charge is 0.328 e. The van der Waals surface area contributed by atoms with E-state index >= 15 is 0 Å². The third-order valence-electron chi connectivity index (χ3n) is 8.64. The lowest BCUT2D eigenvalue weighted by Crippen LogP contribution is -2.64. The Morgan fingerprint density at radius 2 is 1.74 bits per heavy atom. The van der Waals surface area contributed by atoms with Gasteiger partial charge in [0, 0.05) is 38.5 Å². The van der Waals surface area contributed by atoms with Crippen LogP contribution in [0.15, 0.2) is 84.6 Å². The summed E-state index contributed by atoms with van der Waals surface area (Å²) < 4.78 is 17.7. The number of carbonyl (C=O) groups is 2. The second kappa shape index (κ2) is 19.0. The Balaban J connectivity index is 1.97. The number of aliphatic hydroxyl groups excluding tert-OH is 2. The van der Waals surface area contributed by atoms with Gasteiger partial charge in [-0.25, -0.2) is 4.79 Å². The number of carboxylic acids is 1. The molecule has 262 valence electrons. The molecule has 0 radical (unpaired) electrons. The molecule has 6 N–H and O–H groups in total. The van der Waals surface area contributed by atoms with Gasteiger partial charge in [0.05, 0.1) is 30.3 Å². The number of amides is 1. The predicted molar refractivity (Wildman–Crippen MR) is 179 cm³/mol. The molecule has 2 aliphatic heterocycles. The van der Waals surface area contributed by atoms with Gasteiger partial charge in [-0.05, 0) is 32.8 Å². The molecule has 0 aromatic heterocycles. The largest absolute Gasteiger partial charge is 0.478 e. The van der Waals surface area contributed by atoms with Crippen molar-refractivity contribution in [1.82, 2.24) is 5.32 Å². The molecule has 1 unspecified atom stereocenters. The fraction of sp³-hybridized carbons (Fsp3) is 0.556. The van der Waals surface area contributed by atoms with E-state index in [4.69, 9.17) is 19.3 Å². The highest BCUT2D eigenvalue weighted by molar-refractivity contribution is 5.80. The summed E-state index contributed by atoms with van der Waals surface area (Å²) in [5.74, 6) is -4.52. The molecule has 47 heavy (non-hydrogen) atoms. The van der Waals surface area contributed by atoms with Crippen LogP contribution in [0.3, 0.4) is 0 Å². The maximum atomic E-state index is 13.1. The molecule has 2 aliphatic rings. The Labute approximate surface area is 278 Å². The summed E-state index contributed by atoms with van der Waals surface area (Å²) in [6.07, 6.45) is 17.5. The van der Waals surface area contributed by atoms with Crippen molar-refractivity contribution in [1.29, 1.82) is 0 Å². The van der Waals surface area contributed by atoms with Gasteiger partial charge in [0.1, 0.15) is 17.8 Å². The maximum absolute atomic E-state index is 13.1. The Morgan fingerprint density at radius 1 is 1.06 bits per heavy atom. The normalized spacial score (nSPS) is 32.8. The Kier molecular flexibility index (Phi) is 16.2. The fourth-order valence-electron chi connectivity index (χ4n) is 5.85. The average molecular weight is 660 g/mol. The first-order valence-electron chi connectivity index (χ1n) is 16.0. The van der Waals surface area contributed by atoms with Crippen molar-refractivity contribution >= 4 is 11.9 Å². The van der Waals surface area contributed by atoms with Gasteiger partial charge in [-0.2, -0.15) is 0 Å². The Hall–Kier alpha value is -3.16. The predicted octanol–water partition coefficient (Wildman–Crippen LogP) is 3.28. The summed E-state index contributed by atoms with van der Waals surface area (Å²) in [5.41, 5.74) is -0.727. The average Bonchev–Trinajstić information content (AvgIpc) is 3.38.